The van der Waals surface area contributed by atoms with Gasteiger partial charge in [-0.15, -0.1) is 0 Å². The Balaban J connectivity index is 1.80. The van der Waals surface area contributed by atoms with E-state index in [1.54, 1.807) is 18.6 Å². The number of pyridine rings is 1. The van der Waals surface area contributed by atoms with Crippen LogP contribution in [0, 0.1) is 0 Å². The van der Waals surface area contributed by atoms with E-state index in [0.29, 0.717) is 27.1 Å². The van der Waals surface area contributed by atoms with Gasteiger partial charge in [0.2, 0.25) is 0 Å². The van der Waals surface area contributed by atoms with Crippen molar-refractivity contribution in [3.05, 3.63) is 75.6 Å². The largest absolute Gasteiger partial charge is 0.337 e. The lowest BCUT2D eigenvalue weighted by atomic mass is 10.0. The number of hydrogen-bond acceptors (Lipinski definition) is 4. The van der Waals surface area contributed by atoms with Crippen LogP contribution >= 0.6 is 39.1 Å². The highest BCUT2D eigenvalue weighted by Crippen LogP contribution is 2.40. The Morgan fingerprint density at radius 2 is 1.50 bits per heavy atom. The molecule has 0 fully saturated rings. The van der Waals surface area contributed by atoms with Crippen molar-refractivity contribution in [3.63, 3.8) is 0 Å². The van der Waals surface area contributed by atoms with Crippen LogP contribution in [0.4, 0.5) is 11.5 Å². The van der Waals surface area contributed by atoms with Gasteiger partial charge in [0.05, 0.1) is 21.2 Å². The van der Waals surface area contributed by atoms with Crippen LogP contribution in [0.5, 0.6) is 0 Å². The van der Waals surface area contributed by atoms with Crippen LogP contribution in [0.25, 0.3) is 22.2 Å². The molecule has 2 aromatic heterocycles. The maximum atomic E-state index is 6.67. The lowest BCUT2D eigenvalue weighted by molar-refractivity contribution is 1.24. The number of anilines is 2. The number of nitrogens with zero attached hydrogens (tertiary/aromatic N) is 3. The minimum absolute atomic E-state index is 0.551. The Bertz CT molecular complexity index is 1110. The van der Waals surface area contributed by atoms with E-state index in [9.17, 15) is 0 Å². The van der Waals surface area contributed by atoms with Gasteiger partial charge in [0, 0.05) is 34.2 Å². The molecule has 0 spiro atoms. The minimum Gasteiger partial charge on any atom is -0.337 e. The van der Waals surface area contributed by atoms with E-state index in [-0.39, 0.29) is 0 Å². The third-order valence-corrected chi connectivity index (χ3v) is 5.58. The number of halogens is 3. The summed E-state index contributed by atoms with van der Waals surface area (Å²) < 4.78 is 0.817. The fourth-order valence-corrected chi connectivity index (χ4v) is 3.53. The predicted molar refractivity (Wildman–Crippen MR) is 110 cm³/mol. The zero-order valence-electron chi connectivity index (χ0n) is 13.2. The number of rotatable bonds is 3. The summed E-state index contributed by atoms with van der Waals surface area (Å²) in [5, 5.41) is 4.42. The van der Waals surface area contributed by atoms with Crippen LogP contribution in [0.3, 0.4) is 0 Å². The fourth-order valence-electron chi connectivity index (χ4n) is 2.66. The van der Waals surface area contributed by atoms with Crippen molar-refractivity contribution in [1.82, 2.24) is 15.0 Å². The highest BCUT2D eigenvalue weighted by molar-refractivity contribution is 9.10. The molecular weight excluding hydrogens is 435 g/mol. The van der Waals surface area contributed by atoms with E-state index in [1.165, 1.54) is 0 Å². The molecule has 2 heterocycles. The Kier molecular flexibility index (Phi) is 4.76. The lowest BCUT2D eigenvalue weighted by Gasteiger charge is -2.13. The summed E-state index contributed by atoms with van der Waals surface area (Å²) in [6, 6.07) is 13.3. The van der Waals surface area contributed by atoms with E-state index in [1.807, 2.05) is 42.5 Å². The van der Waals surface area contributed by atoms with E-state index >= 15 is 0 Å². The van der Waals surface area contributed by atoms with Crippen LogP contribution in [0.2, 0.25) is 10.0 Å². The highest BCUT2D eigenvalue weighted by atomic mass is 79.9. The molecule has 1 N–H and O–H groups in total. The first-order chi connectivity index (χ1) is 12.6. The normalized spacial score (nSPS) is 10.9. The second-order valence-corrected chi connectivity index (χ2v) is 7.09. The van der Waals surface area contributed by atoms with E-state index in [0.717, 1.165) is 21.1 Å². The summed E-state index contributed by atoms with van der Waals surface area (Å²) in [4.78, 5) is 13.0. The van der Waals surface area contributed by atoms with Gasteiger partial charge in [0.1, 0.15) is 5.52 Å². The highest BCUT2D eigenvalue weighted by Gasteiger charge is 2.14. The van der Waals surface area contributed by atoms with Gasteiger partial charge in [-0.2, -0.15) is 0 Å². The maximum Gasteiger partial charge on any atom is 0.158 e. The van der Waals surface area contributed by atoms with Crippen LogP contribution < -0.4 is 5.32 Å². The molecule has 0 aliphatic carbocycles. The third kappa shape index (κ3) is 3.14. The Morgan fingerprint density at radius 3 is 2.35 bits per heavy atom. The molecule has 0 radical (unpaired) electrons. The number of aromatic nitrogens is 3. The SMILES string of the molecule is Clc1c(Br)cccc1-c1cccc(Nc2nccc3nccnc23)c1Cl. The van der Waals surface area contributed by atoms with Crippen molar-refractivity contribution in [1.29, 1.82) is 0 Å². The van der Waals surface area contributed by atoms with Gasteiger partial charge in [-0.3, -0.25) is 4.98 Å². The predicted octanol–water partition coefficient (Wildman–Crippen LogP) is 6.50. The molecule has 4 nitrogen and oxygen atoms in total. The van der Waals surface area contributed by atoms with E-state index in [2.05, 4.69) is 36.2 Å². The zero-order chi connectivity index (χ0) is 18.1. The van der Waals surface area contributed by atoms with Crippen molar-refractivity contribution < 1.29 is 0 Å². The monoisotopic (exact) mass is 444 g/mol. The standard InChI is InChI=1S/C19H11BrCl2N4/c20-13-5-1-3-11(16(13)21)12-4-2-6-14(17(12)22)26-19-18-15(7-8-25-19)23-9-10-24-18/h1-10H,(H,25,26). The first kappa shape index (κ1) is 17.2. The molecule has 4 aromatic rings. The van der Waals surface area contributed by atoms with Gasteiger partial charge in [0.15, 0.2) is 5.82 Å². The summed E-state index contributed by atoms with van der Waals surface area (Å²) in [7, 11) is 0. The molecular formula is C19H11BrCl2N4. The molecule has 4 rings (SSSR count). The quantitative estimate of drug-likeness (QED) is 0.390. The van der Waals surface area contributed by atoms with Crippen molar-refractivity contribution in [2.24, 2.45) is 0 Å². The van der Waals surface area contributed by atoms with Gasteiger partial charge in [0.25, 0.3) is 0 Å². The maximum absolute atomic E-state index is 6.67. The molecule has 0 bridgehead atoms. The summed E-state index contributed by atoms with van der Waals surface area (Å²) in [6.07, 6.45) is 4.96. The van der Waals surface area contributed by atoms with Gasteiger partial charge < -0.3 is 5.32 Å². The number of nitrogens with one attached hydrogen (secondary N) is 1. The summed E-state index contributed by atoms with van der Waals surface area (Å²) in [5.74, 6) is 0.593. The van der Waals surface area contributed by atoms with Crippen LogP contribution in [0.1, 0.15) is 0 Å². The average Bonchev–Trinajstić information content (AvgIpc) is 2.66. The Morgan fingerprint density at radius 1 is 0.769 bits per heavy atom. The molecule has 0 aliphatic heterocycles. The average molecular weight is 446 g/mol. The molecule has 2 aromatic carbocycles. The molecule has 0 saturated heterocycles. The molecule has 26 heavy (non-hydrogen) atoms. The van der Waals surface area contributed by atoms with Gasteiger partial charge in [-0.1, -0.05) is 47.5 Å². The van der Waals surface area contributed by atoms with Crippen LogP contribution in [0.15, 0.2) is 65.5 Å². The molecule has 0 aliphatic rings. The van der Waals surface area contributed by atoms with E-state index < -0.39 is 0 Å². The smallest absolute Gasteiger partial charge is 0.158 e. The summed E-state index contributed by atoms with van der Waals surface area (Å²) in [6.45, 7) is 0. The molecule has 0 saturated carbocycles. The Labute approximate surface area is 168 Å². The van der Waals surface area contributed by atoms with Crippen molar-refractivity contribution in [2.75, 3.05) is 5.32 Å². The number of benzene rings is 2. The second-order valence-electron chi connectivity index (χ2n) is 5.48. The summed E-state index contributed by atoms with van der Waals surface area (Å²) >= 11 is 16.6. The summed E-state index contributed by atoms with van der Waals surface area (Å²) in [5.41, 5.74) is 3.82. The van der Waals surface area contributed by atoms with Crippen molar-refractivity contribution >= 4 is 61.7 Å². The molecule has 0 atom stereocenters. The van der Waals surface area contributed by atoms with Crippen LogP contribution in [-0.2, 0) is 0 Å². The van der Waals surface area contributed by atoms with E-state index in [4.69, 9.17) is 23.2 Å². The van der Waals surface area contributed by atoms with Gasteiger partial charge >= 0.3 is 0 Å². The molecule has 0 amide bonds. The minimum atomic E-state index is 0.551. The first-order valence-corrected chi connectivity index (χ1v) is 9.25. The molecule has 0 unspecified atom stereocenters. The molecule has 128 valence electrons. The van der Waals surface area contributed by atoms with Crippen molar-refractivity contribution in [3.8, 4) is 11.1 Å². The van der Waals surface area contributed by atoms with Crippen LogP contribution in [-0.4, -0.2) is 15.0 Å². The fraction of sp³-hybridized carbons (Fsp3) is 0. The van der Waals surface area contributed by atoms with Gasteiger partial charge in [-0.25, -0.2) is 9.97 Å². The second kappa shape index (κ2) is 7.19. The third-order valence-electron chi connectivity index (χ3n) is 3.88. The van der Waals surface area contributed by atoms with Gasteiger partial charge in [-0.05, 0) is 34.1 Å². The van der Waals surface area contributed by atoms with Crippen molar-refractivity contribution in [2.45, 2.75) is 0 Å². The number of fused-ring (bicyclic) bond motifs is 1. The molecule has 7 heteroatoms. The topological polar surface area (TPSA) is 50.7 Å². The first-order valence-electron chi connectivity index (χ1n) is 7.71. The lowest BCUT2D eigenvalue weighted by Crippen LogP contribution is -1.98. The number of hydrogen-bond donors (Lipinski definition) is 1. The zero-order valence-corrected chi connectivity index (χ0v) is 16.3. The Hall–Kier alpha value is -2.21.